The molecule has 0 aromatic heterocycles. The van der Waals surface area contributed by atoms with Gasteiger partial charge in [0, 0.05) is 13.1 Å². The summed E-state index contributed by atoms with van der Waals surface area (Å²) in [5.74, 6) is -1.39. The second-order valence-corrected chi connectivity index (χ2v) is 4.87. The van der Waals surface area contributed by atoms with E-state index >= 15 is 0 Å². The van der Waals surface area contributed by atoms with Crippen LogP contribution in [0.1, 0.15) is 12.5 Å². The van der Waals surface area contributed by atoms with Crippen LogP contribution in [-0.4, -0.2) is 35.2 Å². The molecule has 5 heteroatoms. The van der Waals surface area contributed by atoms with Crippen molar-refractivity contribution in [2.24, 2.45) is 11.8 Å². The van der Waals surface area contributed by atoms with Crippen LogP contribution in [0.25, 0.3) is 0 Å². The summed E-state index contributed by atoms with van der Waals surface area (Å²) in [5.41, 5.74) is 0.915. The Morgan fingerprint density at radius 3 is 2.58 bits per heavy atom. The molecule has 1 amide bonds. The molecule has 1 heterocycles. The smallest absolute Gasteiger partial charge is 0.410 e. The molecule has 5 nitrogen and oxygen atoms in total. The minimum Gasteiger partial charge on any atom is -0.481 e. The molecule has 1 aromatic carbocycles. The van der Waals surface area contributed by atoms with Crippen molar-refractivity contribution in [1.29, 1.82) is 0 Å². The zero-order valence-corrected chi connectivity index (χ0v) is 10.8. The number of rotatable bonds is 3. The number of carbonyl (C=O) groups excluding carboxylic acids is 1. The number of hydrogen-bond acceptors (Lipinski definition) is 3. The third-order valence-corrected chi connectivity index (χ3v) is 3.39. The molecule has 2 rings (SSSR count). The van der Waals surface area contributed by atoms with Gasteiger partial charge in [0.15, 0.2) is 0 Å². The number of hydrogen-bond donors (Lipinski definition) is 1. The van der Waals surface area contributed by atoms with E-state index in [-0.39, 0.29) is 19.1 Å². The van der Waals surface area contributed by atoms with E-state index in [1.807, 2.05) is 37.3 Å². The molecule has 2 atom stereocenters. The molecule has 19 heavy (non-hydrogen) atoms. The summed E-state index contributed by atoms with van der Waals surface area (Å²) in [6, 6.07) is 9.40. The molecular formula is C14H17NO4. The number of carbonyl (C=O) groups is 2. The number of ether oxygens (including phenoxy) is 1. The van der Waals surface area contributed by atoms with Gasteiger partial charge in [-0.05, 0) is 11.5 Å². The number of carboxylic acids is 1. The normalized spacial score (nSPS) is 22.3. The second kappa shape index (κ2) is 5.73. The van der Waals surface area contributed by atoms with Crippen LogP contribution in [0.4, 0.5) is 4.79 Å². The fourth-order valence-corrected chi connectivity index (χ4v) is 2.25. The Balaban J connectivity index is 1.86. The van der Waals surface area contributed by atoms with E-state index in [9.17, 15) is 9.59 Å². The molecule has 1 aliphatic rings. The standard InChI is InChI=1S/C14H17NO4/c1-10-7-15(8-12(10)13(16)17)14(18)19-9-11-5-3-2-4-6-11/h2-6,10,12H,7-9H2,1H3,(H,16,17). The summed E-state index contributed by atoms with van der Waals surface area (Å²) in [6.07, 6.45) is -0.445. The average molecular weight is 263 g/mol. The number of nitrogens with zero attached hydrogens (tertiary/aromatic N) is 1. The van der Waals surface area contributed by atoms with Crippen LogP contribution in [-0.2, 0) is 16.1 Å². The van der Waals surface area contributed by atoms with Crippen LogP contribution in [0.2, 0.25) is 0 Å². The lowest BCUT2D eigenvalue weighted by Gasteiger charge is -2.15. The van der Waals surface area contributed by atoms with E-state index in [1.54, 1.807) is 0 Å². The highest BCUT2D eigenvalue weighted by Crippen LogP contribution is 2.23. The number of carboxylic acid groups (broad SMARTS) is 1. The summed E-state index contributed by atoms with van der Waals surface area (Å²) >= 11 is 0. The van der Waals surface area contributed by atoms with Gasteiger partial charge in [0.1, 0.15) is 6.61 Å². The maximum Gasteiger partial charge on any atom is 0.410 e. The third-order valence-electron chi connectivity index (χ3n) is 3.39. The summed E-state index contributed by atoms with van der Waals surface area (Å²) in [7, 11) is 0. The van der Waals surface area contributed by atoms with Crippen molar-refractivity contribution in [3.8, 4) is 0 Å². The highest BCUT2D eigenvalue weighted by atomic mass is 16.6. The van der Waals surface area contributed by atoms with E-state index in [0.29, 0.717) is 6.54 Å². The Labute approximate surface area is 111 Å². The maximum absolute atomic E-state index is 11.8. The maximum atomic E-state index is 11.8. The van der Waals surface area contributed by atoms with Crippen molar-refractivity contribution in [2.75, 3.05) is 13.1 Å². The molecule has 0 spiro atoms. The lowest BCUT2D eigenvalue weighted by atomic mass is 9.99. The van der Waals surface area contributed by atoms with Gasteiger partial charge < -0.3 is 14.7 Å². The number of aliphatic carboxylic acids is 1. The Bertz CT molecular complexity index is 460. The molecule has 1 N–H and O–H groups in total. The van der Waals surface area contributed by atoms with Crippen molar-refractivity contribution >= 4 is 12.1 Å². The lowest BCUT2D eigenvalue weighted by Crippen LogP contribution is -2.30. The fraction of sp³-hybridized carbons (Fsp3) is 0.429. The van der Waals surface area contributed by atoms with Crippen LogP contribution in [0.5, 0.6) is 0 Å². The third kappa shape index (κ3) is 3.24. The molecule has 1 aromatic rings. The highest BCUT2D eigenvalue weighted by Gasteiger charge is 2.37. The number of benzene rings is 1. The molecule has 0 aliphatic carbocycles. The first-order chi connectivity index (χ1) is 9.08. The van der Waals surface area contributed by atoms with Gasteiger partial charge >= 0.3 is 12.1 Å². The Hall–Kier alpha value is -2.04. The number of amides is 1. The van der Waals surface area contributed by atoms with Gasteiger partial charge in [-0.1, -0.05) is 37.3 Å². The van der Waals surface area contributed by atoms with E-state index in [4.69, 9.17) is 9.84 Å². The first kappa shape index (κ1) is 13.4. The van der Waals surface area contributed by atoms with Crippen molar-refractivity contribution in [1.82, 2.24) is 4.90 Å². The van der Waals surface area contributed by atoms with Crippen LogP contribution in [0.3, 0.4) is 0 Å². The monoisotopic (exact) mass is 263 g/mol. The van der Waals surface area contributed by atoms with Gasteiger partial charge in [-0.15, -0.1) is 0 Å². The molecule has 2 unspecified atom stereocenters. The first-order valence-electron chi connectivity index (χ1n) is 6.26. The molecule has 102 valence electrons. The minimum atomic E-state index is -0.856. The summed E-state index contributed by atoms with van der Waals surface area (Å²) in [5, 5.41) is 9.01. The quantitative estimate of drug-likeness (QED) is 0.905. The predicted molar refractivity (Wildman–Crippen MR) is 68.5 cm³/mol. The van der Waals surface area contributed by atoms with Gasteiger partial charge in [-0.3, -0.25) is 4.79 Å². The van der Waals surface area contributed by atoms with E-state index < -0.39 is 18.0 Å². The molecule has 0 saturated carbocycles. The lowest BCUT2D eigenvalue weighted by molar-refractivity contribution is -0.142. The van der Waals surface area contributed by atoms with Gasteiger partial charge in [0.2, 0.25) is 0 Å². The van der Waals surface area contributed by atoms with E-state index in [1.165, 1.54) is 4.90 Å². The van der Waals surface area contributed by atoms with Crippen LogP contribution < -0.4 is 0 Å². The molecule has 0 radical (unpaired) electrons. The van der Waals surface area contributed by atoms with Gasteiger partial charge in [0.25, 0.3) is 0 Å². The first-order valence-corrected chi connectivity index (χ1v) is 6.26. The van der Waals surface area contributed by atoms with E-state index in [0.717, 1.165) is 5.56 Å². The molecule has 0 bridgehead atoms. The van der Waals surface area contributed by atoms with Crippen molar-refractivity contribution in [2.45, 2.75) is 13.5 Å². The topological polar surface area (TPSA) is 66.8 Å². The molecule has 1 saturated heterocycles. The molecule has 1 fully saturated rings. The van der Waals surface area contributed by atoms with Gasteiger partial charge in [0.05, 0.1) is 5.92 Å². The Morgan fingerprint density at radius 1 is 1.32 bits per heavy atom. The summed E-state index contributed by atoms with van der Waals surface area (Å²) in [6.45, 7) is 2.71. The zero-order valence-electron chi connectivity index (χ0n) is 10.8. The fourth-order valence-electron chi connectivity index (χ4n) is 2.25. The minimum absolute atomic E-state index is 0.0400. The van der Waals surface area contributed by atoms with Crippen molar-refractivity contribution in [3.63, 3.8) is 0 Å². The highest BCUT2D eigenvalue weighted by molar-refractivity contribution is 5.74. The molecular weight excluding hydrogens is 246 g/mol. The molecule has 1 aliphatic heterocycles. The average Bonchev–Trinajstić information content (AvgIpc) is 2.79. The Morgan fingerprint density at radius 2 is 2.00 bits per heavy atom. The van der Waals surface area contributed by atoms with Crippen molar-refractivity contribution < 1.29 is 19.4 Å². The van der Waals surface area contributed by atoms with Crippen LogP contribution >= 0.6 is 0 Å². The van der Waals surface area contributed by atoms with Crippen molar-refractivity contribution in [3.05, 3.63) is 35.9 Å². The number of likely N-dealkylation sites (tertiary alicyclic amines) is 1. The van der Waals surface area contributed by atoms with Crippen LogP contribution in [0.15, 0.2) is 30.3 Å². The van der Waals surface area contributed by atoms with Gasteiger partial charge in [-0.2, -0.15) is 0 Å². The zero-order chi connectivity index (χ0) is 13.8. The summed E-state index contributed by atoms with van der Waals surface area (Å²) in [4.78, 5) is 24.3. The van der Waals surface area contributed by atoms with E-state index in [2.05, 4.69) is 0 Å². The summed E-state index contributed by atoms with van der Waals surface area (Å²) < 4.78 is 5.18. The largest absolute Gasteiger partial charge is 0.481 e. The Kier molecular flexibility index (Phi) is 4.04. The second-order valence-electron chi connectivity index (χ2n) is 4.87. The van der Waals surface area contributed by atoms with Crippen LogP contribution in [0, 0.1) is 11.8 Å². The predicted octanol–water partition coefficient (Wildman–Crippen LogP) is 1.98. The SMILES string of the molecule is CC1CN(C(=O)OCc2ccccc2)CC1C(=O)O. The van der Waals surface area contributed by atoms with Gasteiger partial charge in [-0.25, -0.2) is 4.79 Å².